The van der Waals surface area contributed by atoms with Gasteiger partial charge in [-0.25, -0.2) is 16.8 Å². The molecule has 0 aliphatic rings. The van der Waals surface area contributed by atoms with E-state index in [1.807, 2.05) is 13.8 Å². The number of hydrogen-bond donors (Lipinski definition) is 2. The van der Waals surface area contributed by atoms with Gasteiger partial charge < -0.3 is 30.0 Å². The summed E-state index contributed by atoms with van der Waals surface area (Å²) in [6.45, 7) is 4.62. The summed E-state index contributed by atoms with van der Waals surface area (Å²) in [5, 5.41) is 18.2. The van der Waals surface area contributed by atoms with E-state index in [-0.39, 0.29) is 92.6 Å². The van der Waals surface area contributed by atoms with E-state index < -0.39 is 30.0 Å². The van der Waals surface area contributed by atoms with Crippen molar-refractivity contribution in [2.24, 2.45) is 20.5 Å². The van der Waals surface area contributed by atoms with Crippen molar-refractivity contribution < 1.29 is 94.5 Å². The third kappa shape index (κ3) is 9.95. The number of anilines is 2. The number of rotatable bonds is 13. The number of benzene rings is 6. The van der Waals surface area contributed by atoms with Crippen molar-refractivity contribution in [1.82, 2.24) is 0 Å². The molecule has 0 atom stereocenters. The predicted molar refractivity (Wildman–Crippen MR) is 204 cm³/mol. The second-order valence-corrected chi connectivity index (χ2v) is 14.8. The molecule has 0 saturated heterocycles. The van der Waals surface area contributed by atoms with Crippen LogP contribution in [0.2, 0.25) is 0 Å². The summed E-state index contributed by atoms with van der Waals surface area (Å²) in [6, 6.07) is 25.4. The van der Waals surface area contributed by atoms with Gasteiger partial charge in [0.2, 0.25) is 0 Å². The van der Waals surface area contributed by atoms with Crippen molar-refractivity contribution in [2.75, 3.05) is 24.7 Å². The van der Waals surface area contributed by atoms with Gasteiger partial charge in [-0.2, -0.15) is 0 Å². The molecule has 0 heterocycles. The van der Waals surface area contributed by atoms with Gasteiger partial charge in [-0.15, -0.1) is 20.5 Å². The molecule has 0 bridgehead atoms. The van der Waals surface area contributed by atoms with Gasteiger partial charge in [0.05, 0.1) is 34.4 Å². The number of fused-ring (bicyclic) bond motifs is 2. The largest absolute Gasteiger partial charge is 1.00 e. The van der Waals surface area contributed by atoms with E-state index in [0.29, 0.717) is 59.7 Å². The van der Waals surface area contributed by atoms with Gasteiger partial charge in [0, 0.05) is 21.5 Å². The molecule has 18 heteroatoms. The Bertz CT molecular complexity index is 2510. The first-order valence-electron chi connectivity index (χ1n) is 16.7. The van der Waals surface area contributed by atoms with Crippen LogP contribution in [0.3, 0.4) is 0 Å². The maximum atomic E-state index is 12.1. The van der Waals surface area contributed by atoms with Crippen molar-refractivity contribution in [3.63, 3.8) is 0 Å². The molecule has 0 aromatic heterocycles. The SMILES string of the molecule is CCCOc1cc(-c2ccc(N=Nc3cc(S(=O)(=O)[O-])c4ccccc4c3N)c(OCCC)c2)ccc1N=Nc1cc(S(=O)(=O)[O-])c2ccccc2c1N.[Na+].[Na+]. The van der Waals surface area contributed by atoms with Gasteiger partial charge in [0.25, 0.3) is 0 Å². The molecule has 0 aliphatic heterocycles. The molecule has 0 unspecified atom stereocenters. The van der Waals surface area contributed by atoms with E-state index in [4.69, 9.17) is 20.9 Å². The Hall–Kier alpha value is -3.94. The molecule has 4 N–H and O–H groups in total. The van der Waals surface area contributed by atoms with Crippen LogP contribution < -0.4 is 80.1 Å². The van der Waals surface area contributed by atoms with Crippen LogP contribution >= 0.6 is 0 Å². The summed E-state index contributed by atoms with van der Waals surface area (Å²) in [5.41, 5.74) is 15.1. The number of azo groups is 2. The number of hydrogen-bond acceptors (Lipinski definition) is 14. The Morgan fingerprint density at radius 2 is 0.857 bits per heavy atom. The monoisotopic (exact) mass is 812 g/mol. The molecule has 6 rings (SSSR count). The van der Waals surface area contributed by atoms with Crippen LogP contribution in [-0.2, 0) is 20.2 Å². The average molecular weight is 813 g/mol. The second-order valence-electron chi connectivity index (χ2n) is 12.1. The summed E-state index contributed by atoms with van der Waals surface area (Å²) >= 11 is 0. The van der Waals surface area contributed by atoms with Gasteiger partial charge in [0.15, 0.2) is 0 Å². The third-order valence-corrected chi connectivity index (χ3v) is 10.1. The van der Waals surface area contributed by atoms with E-state index in [1.165, 1.54) is 12.1 Å². The summed E-state index contributed by atoms with van der Waals surface area (Å²) < 4.78 is 84.6. The Morgan fingerprint density at radius 1 is 0.518 bits per heavy atom. The fourth-order valence-electron chi connectivity index (χ4n) is 5.70. The first-order chi connectivity index (χ1) is 25.8. The van der Waals surface area contributed by atoms with Crippen LogP contribution in [0.15, 0.2) is 127 Å². The molecule has 278 valence electrons. The van der Waals surface area contributed by atoms with E-state index >= 15 is 0 Å². The summed E-state index contributed by atoms with van der Waals surface area (Å²) in [6.07, 6.45) is 1.39. The molecule has 0 spiro atoms. The van der Waals surface area contributed by atoms with Crippen molar-refractivity contribution in [2.45, 2.75) is 36.5 Å². The van der Waals surface area contributed by atoms with Crippen LogP contribution in [-0.4, -0.2) is 39.2 Å². The van der Waals surface area contributed by atoms with Gasteiger partial charge >= 0.3 is 59.1 Å². The van der Waals surface area contributed by atoms with Crippen molar-refractivity contribution in [3.05, 3.63) is 97.1 Å². The summed E-state index contributed by atoms with van der Waals surface area (Å²) in [5.74, 6) is 0.759. The molecule has 6 aromatic carbocycles. The van der Waals surface area contributed by atoms with Gasteiger partial charge in [-0.05, 0) is 60.4 Å². The van der Waals surface area contributed by atoms with Crippen LogP contribution in [0.25, 0.3) is 32.7 Å². The maximum Gasteiger partial charge on any atom is 1.00 e. The minimum Gasteiger partial charge on any atom is -0.744 e. The second kappa shape index (κ2) is 19.0. The standard InChI is InChI=1S/C38H36N6O8S2.2Na/c1-3-17-51-33-19-23(13-15-29(33)41-43-31-21-35(53(45,46)47)25-9-5-7-11-27(25)37(31)39)24-14-16-30(34(20-24)52-18-4-2)42-44-32-22-36(54(48,49)50)26-10-6-8-12-28(26)38(32)40;;/h5-16,19-22H,3-4,17-18,39-40H2,1-2H3,(H,45,46,47)(H,48,49,50);;/q;2*+1/p-2. The van der Waals surface area contributed by atoms with E-state index in [9.17, 15) is 25.9 Å². The Labute approximate surface area is 368 Å². The first kappa shape index (κ1) is 44.8. The van der Waals surface area contributed by atoms with Crippen molar-refractivity contribution >= 4 is 75.9 Å². The van der Waals surface area contributed by atoms with Gasteiger partial charge in [0.1, 0.15) is 54.5 Å². The summed E-state index contributed by atoms with van der Waals surface area (Å²) in [7, 11) is -9.70. The molecule has 6 aromatic rings. The third-order valence-electron chi connectivity index (χ3n) is 8.30. The zero-order valence-corrected chi connectivity index (χ0v) is 36.7. The zero-order valence-electron chi connectivity index (χ0n) is 31.1. The molecule has 56 heavy (non-hydrogen) atoms. The fraction of sp³-hybridized carbons (Fsp3) is 0.158. The maximum absolute atomic E-state index is 12.1. The minimum atomic E-state index is -4.85. The van der Waals surface area contributed by atoms with Crippen molar-refractivity contribution in [1.29, 1.82) is 0 Å². The number of nitrogen functional groups attached to an aromatic ring is 2. The summed E-state index contributed by atoms with van der Waals surface area (Å²) in [4.78, 5) is -0.909. The normalized spacial score (nSPS) is 11.9. The van der Waals surface area contributed by atoms with Crippen LogP contribution in [0.4, 0.5) is 34.1 Å². The van der Waals surface area contributed by atoms with Crippen LogP contribution in [0.5, 0.6) is 11.5 Å². The quantitative estimate of drug-likeness (QED) is 0.0749. The predicted octanol–water partition coefficient (Wildman–Crippen LogP) is 3.05. The molecule has 14 nitrogen and oxygen atoms in total. The van der Waals surface area contributed by atoms with Crippen molar-refractivity contribution in [3.8, 4) is 22.6 Å². The smallest absolute Gasteiger partial charge is 0.744 e. The average Bonchev–Trinajstić information content (AvgIpc) is 3.15. The van der Waals surface area contributed by atoms with E-state index in [0.717, 1.165) is 23.3 Å². The molecule has 0 fully saturated rings. The Balaban J connectivity index is 0.00000348. The Morgan fingerprint density at radius 3 is 1.20 bits per heavy atom. The van der Waals surface area contributed by atoms with Crippen LogP contribution in [0.1, 0.15) is 26.7 Å². The first-order valence-corrected chi connectivity index (χ1v) is 19.5. The van der Waals surface area contributed by atoms with Gasteiger partial charge in [-0.3, -0.25) is 0 Å². The molecular formula is C38H34N6Na2O8S2. The van der Waals surface area contributed by atoms with E-state index in [2.05, 4.69) is 20.5 Å². The Kier molecular flexibility index (Phi) is 15.2. The number of nitrogens with two attached hydrogens (primary N) is 2. The zero-order chi connectivity index (χ0) is 38.6. The molecule has 0 amide bonds. The number of nitrogens with zero attached hydrogens (tertiary/aromatic N) is 4. The van der Waals surface area contributed by atoms with Crippen LogP contribution in [0, 0.1) is 0 Å². The van der Waals surface area contributed by atoms with E-state index in [1.54, 1.807) is 72.8 Å². The minimum absolute atomic E-state index is 0. The topological polar surface area (TPSA) is 234 Å². The van der Waals surface area contributed by atoms with Gasteiger partial charge in [-0.1, -0.05) is 74.5 Å². The fourth-order valence-corrected chi connectivity index (χ4v) is 7.11. The molecule has 0 saturated carbocycles. The molecule has 0 radical (unpaired) electrons. The number of ether oxygens (including phenoxy) is 2. The molecular weight excluding hydrogens is 779 g/mol. The molecule has 0 aliphatic carbocycles.